The van der Waals surface area contributed by atoms with Gasteiger partial charge in [0.15, 0.2) is 0 Å². The molecule has 158 valence electrons. The van der Waals surface area contributed by atoms with Crippen molar-refractivity contribution in [3.63, 3.8) is 0 Å². The van der Waals surface area contributed by atoms with E-state index in [1.165, 1.54) is 5.56 Å². The monoisotopic (exact) mass is 424 g/mol. The Morgan fingerprint density at radius 3 is 2.70 bits per heavy atom. The Labute approximate surface area is 180 Å². The molecule has 0 saturated heterocycles. The van der Waals surface area contributed by atoms with E-state index in [2.05, 4.69) is 15.2 Å². The minimum absolute atomic E-state index is 0.0984. The number of aryl methyl sites for hydroxylation is 1. The first-order chi connectivity index (χ1) is 14.5. The average Bonchev–Trinajstić information content (AvgIpc) is 2.77. The number of carbonyl (C=O) groups is 1. The van der Waals surface area contributed by atoms with Crippen LogP contribution in [-0.4, -0.2) is 42.7 Å². The van der Waals surface area contributed by atoms with Crippen molar-refractivity contribution in [3.05, 3.63) is 70.9 Å². The standard InChI is InChI=1S/C23H28N4O2S/c1-25-14-18(13-24)16-27-11-3-4-19-12-20(7-10-22(19)27)23(28)26-15-17-5-8-21(9-6-17)30(2)29/h5-10,12-14H,3-4,11,15-16,24H2,1-2H3,(H,26,28). The van der Waals surface area contributed by atoms with Crippen molar-refractivity contribution in [2.24, 2.45) is 10.7 Å². The fourth-order valence-corrected chi connectivity index (χ4v) is 4.11. The molecule has 2 aromatic carbocycles. The number of aliphatic imine (C=N–C) groups is 1. The number of nitrogens with one attached hydrogen (secondary N) is 1. The number of hydrogen-bond acceptors (Lipinski definition) is 5. The fourth-order valence-electron chi connectivity index (χ4n) is 3.59. The average molecular weight is 425 g/mol. The van der Waals surface area contributed by atoms with Crippen LogP contribution in [0.15, 0.2) is 64.1 Å². The van der Waals surface area contributed by atoms with Crippen LogP contribution in [0.1, 0.15) is 27.9 Å². The van der Waals surface area contributed by atoms with Gasteiger partial charge in [0.25, 0.3) is 5.91 Å². The van der Waals surface area contributed by atoms with E-state index in [0.29, 0.717) is 18.7 Å². The van der Waals surface area contributed by atoms with Crippen LogP contribution < -0.4 is 16.0 Å². The molecule has 7 heteroatoms. The van der Waals surface area contributed by atoms with Crippen LogP contribution in [0.5, 0.6) is 0 Å². The summed E-state index contributed by atoms with van der Waals surface area (Å²) in [7, 11) is 0.735. The van der Waals surface area contributed by atoms with Gasteiger partial charge in [-0.2, -0.15) is 0 Å². The molecule has 2 aromatic rings. The molecule has 6 nitrogen and oxygen atoms in total. The molecule has 1 unspecified atom stereocenters. The molecule has 1 aliphatic heterocycles. The molecule has 0 saturated carbocycles. The molecule has 3 rings (SSSR count). The summed E-state index contributed by atoms with van der Waals surface area (Å²) >= 11 is 0. The second-order valence-electron chi connectivity index (χ2n) is 7.28. The van der Waals surface area contributed by atoms with Crippen molar-refractivity contribution in [2.45, 2.75) is 24.3 Å². The van der Waals surface area contributed by atoms with Crippen molar-refractivity contribution in [1.29, 1.82) is 0 Å². The van der Waals surface area contributed by atoms with Crippen molar-refractivity contribution in [2.75, 3.05) is 31.3 Å². The Hall–Kier alpha value is -2.93. The summed E-state index contributed by atoms with van der Waals surface area (Å²) in [5.41, 5.74) is 10.6. The molecular formula is C23H28N4O2S. The number of fused-ring (bicyclic) bond motifs is 1. The zero-order valence-electron chi connectivity index (χ0n) is 17.4. The lowest BCUT2D eigenvalue weighted by molar-refractivity contribution is 0.0951. The van der Waals surface area contributed by atoms with Crippen LogP contribution >= 0.6 is 0 Å². The number of carbonyl (C=O) groups excluding carboxylic acids is 1. The normalized spacial score (nSPS) is 15.1. The minimum atomic E-state index is -0.999. The summed E-state index contributed by atoms with van der Waals surface area (Å²) < 4.78 is 11.5. The SMILES string of the molecule is CN=CC(=CN)CN1CCCc2cc(C(=O)NCc3ccc(S(C)=O)cc3)ccc21. The minimum Gasteiger partial charge on any atom is -0.404 e. The van der Waals surface area contributed by atoms with E-state index in [1.807, 2.05) is 42.5 Å². The highest BCUT2D eigenvalue weighted by Gasteiger charge is 2.19. The Morgan fingerprint density at radius 2 is 2.03 bits per heavy atom. The highest BCUT2D eigenvalue weighted by Crippen LogP contribution is 2.28. The third kappa shape index (κ3) is 5.36. The van der Waals surface area contributed by atoms with Crippen LogP contribution in [0.2, 0.25) is 0 Å². The maximum atomic E-state index is 12.7. The van der Waals surface area contributed by atoms with Crippen molar-refractivity contribution >= 4 is 28.6 Å². The van der Waals surface area contributed by atoms with Gasteiger partial charge >= 0.3 is 0 Å². The van der Waals surface area contributed by atoms with E-state index in [1.54, 1.807) is 25.7 Å². The van der Waals surface area contributed by atoms with Gasteiger partial charge in [-0.15, -0.1) is 0 Å². The predicted molar refractivity (Wildman–Crippen MR) is 124 cm³/mol. The molecule has 1 aliphatic rings. The summed E-state index contributed by atoms with van der Waals surface area (Å²) in [4.78, 5) is 19.8. The predicted octanol–water partition coefficient (Wildman–Crippen LogP) is 2.65. The van der Waals surface area contributed by atoms with E-state index in [4.69, 9.17) is 5.73 Å². The summed E-state index contributed by atoms with van der Waals surface area (Å²) in [5, 5.41) is 2.97. The fraction of sp³-hybridized carbons (Fsp3) is 0.304. The molecule has 1 atom stereocenters. The number of rotatable bonds is 7. The molecule has 30 heavy (non-hydrogen) atoms. The highest BCUT2D eigenvalue weighted by atomic mass is 32.2. The van der Waals surface area contributed by atoms with Gasteiger partial charge in [-0.25, -0.2) is 0 Å². The van der Waals surface area contributed by atoms with Crippen molar-refractivity contribution in [1.82, 2.24) is 5.32 Å². The van der Waals surface area contributed by atoms with E-state index < -0.39 is 10.8 Å². The van der Waals surface area contributed by atoms with Gasteiger partial charge in [-0.3, -0.25) is 14.0 Å². The first-order valence-electron chi connectivity index (χ1n) is 9.93. The number of nitrogens with two attached hydrogens (primary N) is 1. The molecule has 1 heterocycles. The highest BCUT2D eigenvalue weighted by molar-refractivity contribution is 7.84. The summed E-state index contributed by atoms with van der Waals surface area (Å²) in [6.45, 7) is 2.08. The van der Waals surface area contributed by atoms with Crippen LogP contribution in [0.4, 0.5) is 5.69 Å². The number of amides is 1. The Morgan fingerprint density at radius 1 is 1.27 bits per heavy atom. The Bertz CT molecular complexity index is 983. The van der Waals surface area contributed by atoms with Gasteiger partial charge in [0.05, 0.1) is 0 Å². The Balaban J connectivity index is 1.67. The molecule has 0 aromatic heterocycles. The van der Waals surface area contributed by atoms with E-state index in [0.717, 1.165) is 41.1 Å². The molecule has 1 amide bonds. The number of nitrogens with zero attached hydrogens (tertiary/aromatic N) is 2. The smallest absolute Gasteiger partial charge is 0.251 e. The van der Waals surface area contributed by atoms with Gasteiger partial charge in [-0.1, -0.05) is 12.1 Å². The van der Waals surface area contributed by atoms with Gasteiger partial charge < -0.3 is 16.0 Å². The first kappa shape index (κ1) is 21.8. The molecule has 0 bridgehead atoms. The number of benzene rings is 2. The molecular weight excluding hydrogens is 396 g/mol. The maximum absolute atomic E-state index is 12.7. The summed E-state index contributed by atoms with van der Waals surface area (Å²) in [6.07, 6.45) is 7.00. The van der Waals surface area contributed by atoms with Crippen LogP contribution in [0.3, 0.4) is 0 Å². The van der Waals surface area contributed by atoms with E-state index in [9.17, 15) is 9.00 Å². The lowest BCUT2D eigenvalue weighted by atomic mass is 9.98. The largest absolute Gasteiger partial charge is 0.404 e. The molecule has 0 fully saturated rings. The van der Waals surface area contributed by atoms with E-state index in [-0.39, 0.29) is 5.91 Å². The topological polar surface area (TPSA) is 87.8 Å². The summed E-state index contributed by atoms with van der Waals surface area (Å²) in [6, 6.07) is 13.3. The summed E-state index contributed by atoms with van der Waals surface area (Å²) in [5.74, 6) is -0.0984. The molecule has 0 radical (unpaired) electrons. The van der Waals surface area contributed by atoms with Crippen LogP contribution in [0.25, 0.3) is 0 Å². The van der Waals surface area contributed by atoms with Crippen molar-refractivity contribution < 1.29 is 9.00 Å². The third-order valence-corrected chi connectivity index (χ3v) is 6.08. The number of anilines is 1. The zero-order chi connectivity index (χ0) is 21.5. The Kier molecular flexibility index (Phi) is 7.41. The quantitative estimate of drug-likeness (QED) is 0.669. The van der Waals surface area contributed by atoms with Crippen molar-refractivity contribution in [3.8, 4) is 0 Å². The zero-order valence-corrected chi connectivity index (χ0v) is 18.2. The molecule has 0 aliphatic carbocycles. The maximum Gasteiger partial charge on any atom is 0.251 e. The lowest BCUT2D eigenvalue weighted by Gasteiger charge is -2.31. The van der Waals surface area contributed by atoms with Crippen LogP contribution in [-0.2, 0) is 23.8 Å². The second kappa shape index (κ2) is 10.2. The van der Waals surface area contributed by atoms with Gasteiger partial charge in [0, 0.05) is 77.9 Å². The molecule has 3 N–H and O–H groups in total. The van der Waals surface area contributed by atoms with E-state index >= 15 is 0 Å². The second-order valence-corrected chi connectivity index (χ2v) is 8.66. The lowest BCUT2D eigenvalue weighted by Crippen LogP contribution is -2.32. The first-order valence-corrected chi connectivity index (χ1v) is 11.5. The third-order valence-electron chi connectivity index (χ3n) is 5.15. The molecule has 0 spiro atoms. The number of hydrogen-bond donors (Lipinski definition) is 2. The van der Waals surface area contributed by atoms with Gasteiger partial charge in [0.1, 0.15) is 0 Å². The van der Waals surface area contributed by atoms with Gasteiger partial charge in [-0.05, 0) is 54.3 Å². The van der Waals surface area contributed by atoms with Crippen LogP contribution in [0, 0.1) is 0 Å². The van der Waals surface area contributed by atoms with Gasteiger partial charge in [0.2, 0.25) is 0 Å².